The molecule has 29 heavy (non-hydrogen) atoms. The van der Waals surface area contributed by atoms with Gasteiger partial charge < -0.3 is 9.47 Å². The van der Waals surface area contributed by atoms with Gasteiger partial charge in [0.2, 0.25) is 0 Å². The first-order valence-electron chi connectivity index (χ1n) is 8.76. The highest BCUT2D eigenvalue weighted by Gasteiger charge is 2.06. The summed E-state index contributed by atoms with van der Waals surface area (Å²) >= 11 is 18.1. The van der Waals surface area contributed by atoms with E-state index >= 15 is 0 Å². The molecule has 3 aromatic rings. The van der Waals surface area contributed by atoms with Gasteiger partial charge >= 0.3 is 5.97 Å². The van der Waals surface area contributed by atoms with E-state index < -0.39 is 5.97 Å². The number of rotatable bonds is 7. The van der Waals surface area contributed by atoms with E-state index in [1.54, 1.807) is 36.4 Å². The molecule has 0 aromatic heterocycles. The molecular formula is C23H17Cl3O3. The molecule has 0 saturated heterocycles. The third-order valence-corrected chi connectivity index (χ3v) is 4.99. The number of hydrogen-bond acceptors (Lipinski definition) is 3. The first-order chi connectivity index (χ1) is 14.0. The van der Waals surface area contributed by atoms with Crippen LogP contribution in [0.4, 0.5) is 0 Å². The molecule has 0 radical (unpaired) electrons. The highest BCUT2D eigenvalue weighted by Crippen LogP contribution is 2.26. The first-order valence-corrected chi connectivity index (χ1v) is 9.90. The van der Waals surface area contributed by atoms with Crippen molar-refractivity contribution in [1.82, 2.24) is 0 Å². The van der Waals surface area contributed by atoms with Crippen LogP contribution in [-0.4, -0.2) is 5.97 Å². The van der Waals surface area contributed by atoms with Crippen LogP contribution in [-0.2, 0) is 22.7 Å². The number of benzene rings is 3. The molecule has 0 atom stereocenters. The van der Waals surface area contributed by atoms with Crippen molar-refractivity contribution in [3.63, 3.8) is 0 Å². The quantitative estimate of drug-likeness (QED) is 0.289. The predicted molar refractivity (Wildman–Crippen MR) is 118 cm³/mol. The van der Waals surface area contributed by atoms with Crippen molar-refractivity contribution in [2.24, 2.45) is 0 Å². The number of carbonyl (C=O) groups is 1. The van der Waals surface area contributed by atoms with E-state index in [0.29, 0.717) is 20.8 Å². The van der Waals surface area contributed by atoms with Crippen molar-refractivity contribution in [2.45, 2.75) is 13.2 Å². The molecule has 0 saturated carbocycles. The van der Waals surface area contributed by atoms with Crippen LogP contribution in [0.1, 0.15) is 16.7 Å². The Balaban J connectivity index is 1.50. The molecular weight excluding hydrogens is 431 g/mol. The van der Waals surface area contributed by atoms with Gasteiger partial charge in [0.15, 0.2) is 0 Å². The second kappa shape index (κ2) is 10.4. The second-order valence-electron chi connectivity index (χ2n) is 6.13. The highest BCUT2D eigenvalue weighted by molar-refractivity contribution is 6.35. The lowest BCUT2D eigenvalue weighted by molar-refractivity contribution is -0.138. The van der Waals surface area contributed by atoms with E-state index in [0.717, 1.165) is 16.7 Å². The molecule has 6 heteroatoms. The predicted octanol–water partition coefficient (Wildman–Crippen LogP) is 6.98. The summed E-state index contributed by atoms with van der Waals surface area (Å²) in [5.74, 6) is 0.247. The van der Waals surface area contributed by atoms with Crippen molar-refractivity contribution in [3.05, 3.63) is 105 Å². The Morgan fingerprint density at radius 2 is 1.48 bits per heavy atom. The van der Waals surface area contributed by atoms with Crippen molar-refractivity contribution >= 4 is 46.8 Å². The van der Waals surface area contributed by atoms with Crippen LogP contribution in [0.3, 0.4) is 0 Å². The van der Waals surface area contributed by atoms with Gasteiger partial charge in [-0.2, -0.15) is 0 Å². The van der Waals surface area contributed by atoms with Gasteiger partial charge in [-0.05, 0) is 53.6 Å². The van der Waals surface area contributed by atoms with Crippen LogP contribution in [0.15, 0.2) is 72.8 Å². The normalized spacial score (nSPS) is 10.9. The van der Waals surface area contributed by atoms with E-state index in [-0.39, 0.29) is 13.2 Å². The molecule has 0 N–H and O–H groups in total. The SMILES string of the molecule is O=C(C=Cc1ccc(OCc2c(Cl)cccc2Cl)cc1)OCc1ccc(Cl)cc1. The van der Waals surface area contributed by atoms with Crippen molar-refractivity contribution < 1.29 is 14.3 Å². The van der Waals surface area contributed by atoms with Gasteiger partial charge in [0, 0.05) is 26.7 Å². The molecule has 148 valence electrons. The van der Waals surface area contributed by atoms with E-state index in [9.17, 15) is 4.79 Å². The molecule has 3 nitrogen and oxygen atoms in total. The zero-order valence-electron chi connectivity index (χ0n) is 15.3. The van der Waals surface area contributed by atoms with Crippen LogP contribution in [0.25, 0.3) is 6.08 Å². The third kappa shape index (κ3) is 6.53. The zero-order valence-corrected chi connectivity index (χ0v) is 17.5. The summed E-state index contributed by atoms with van der Waals surface area (Å²) in [6.45, 7) is 0.461. The molecule has 0 aliphatic rings. The smallest absolute Gasteiger partial charge is 0.331 e. The first kappa shape index (κ1) is 21.3. The summed E-state index contributed by atoms with van der Waals surface area (Å²) < 4.78 is 10.9. The molecule has 0 heterocycles. The number of halogens is 3. The molecule has 0 aliphatic heterocycles. The average molecular weight is 448 g/mol. The van der Waals surface area contributed by atoms with E-state index in [4.69, 9.17) is 44.3 Å². The standard InChI is InChI=1S/C23H17Cl3O3/c24-18-9-4-17(5-10-18)14-29-23(27)13-8-16-6-11-19(12-7-16)28-15-20-21(25)2-1-3-22(20)26/h1-13H,14-15H2. The summed E-state index contributed by atoms with van der Waals surface area (Å²) in [7, 11) is 0. The Bertz CT molecular complexity index is 977. The maximum Gasteiger partial charge on any atom is 0.331 e. The van der Waals surface area contributed by atoms with Gasteiger partial charge in [0.25, 0.3) is 0 Å². The molecule has 0 unspecified atom stereocenters. The van der Waals surface area contributed by atoms with E-state index in [2.05, 4.69) is 0 Å². The van der Waals surface area contributed by atoms with Crippen LogP contribution in [0, 0.1) is 0 Å². The lowest BCUT2D eigenvalue weighted by Gasteiger charge is -2.09. The molecule has 0 spiro atoms. The fourth-order valence-corrected chi connectivity index (χ4v) is 3.08. The lowest BCUT2D eigenvalue weighted by atomic mass is 10.2. The van der Waals surface area contributed by atoms with Crippen LogP contribution in [0.2, 0.25) is 15.1 Å². The molecule has 0 aliphatic carbocycles. The Morgan fingerprint density at radius 3 is 2.14 bits per heavy atom. The molecule has 0 amide bonds. The Hall–Kier alpha value is -2.46. The maximum atomic E-state index is 11.9. The summed E-state index contributed by atoms with van der Waals surface area (Å²) in [6.07, 6.45) is 3.06. The van der Waals surface area contributed by atoms with Crippen LogP contribution < -0.4 is 4.74 Å². The summed E-state index contributed by atoms with van der Waals surface area (Å²) in [6, 6.07) is 19.8. The highest BCUT2D eigenvalue weighted by atomic mass is 35.5. The average Bonchev–Trinajstić information content (AvgIpc) is 2.72. The Labute approximate surface area is 184 Å². The third-order valence-electron chi connectivity index (χ3n) is 4.03. The van der Waals surface area contributed by atoms with Crippen molar-refractivity contribution in [1.29, 1.82) is 0 Å². The Morgan fingerprint density at radius 1 is 0.828 bits per heavy atom. The minimum absolute atomic E-state index is 0.192. The largest absolute Gasteiger partial charge is 0.489 e. The lowest BCUT2D eigenvalue weighted by Crippen LogP contribution is -2.00. The van der Waals surface area contributed by atoms with Crippen LogP contribution in [0.5, 0.6) is 5.75 Å². The minimum Gasteiger partial charge on any atom is -0.489 e. The fourth-order valence-electron chi connectivity index (χ4n) is 2.45. The molecule has 3 aromatic carbocycles. The number of hydrogen-bond donors (Lipinski definition) is 0. The molecule has 3 rings (SSSR count). The van der Waals surface area contributed by atoms with Gasteiger partial charge in [0.05, 0.1) is 0 Å². The summed E-state index contributed by atoms with van der Waals surface area (Å²) in [4.78, 5) is 11.9. The van der Waals surface area contributed by atoms with Crippen molar-refractivity contribution in [3.8, 4) is 5.75 Å². The monoisotopic (exact) mass is 446 g/mol. The minimum atomic E-state index is -0.423. The molecule has 0 fully saturated rings. The van der Waals surface area contributed by atoms with E-state index in [1.165, 1.54) is 6.08 Å². The van der Waals surface area contributed by atoms with Gasteiger partial charge in [-0.15, -0.1) is 0 Å². The maximum absolute atomic E-state index is 11.9. The van der Waals surface area contributed by atoms with Gasteiger partial charge in [-0.3, -0.25) is 0 Å². The summed E-state index contributed by atoms with van der Waals surface area (Å²) in [5.41, 5.74) is 2.45. The van der Waals surface area contributed by atoms with Gasteiger partial charge in [0.1, 0.15) is 19.0 Å². The zero-order chi connectivity index (χ0) is 20.6. The fraction of sp³-hybridized carbons (Fsp3) is 0.0870. The Kier molecular flexibility index (Phi) is 7.59. The van der Waals surface area contributed by atoms with Gasteiger partial charge in [-0.1, -0.05) is 65.1 Å². The van der Waals surface area contributed by atoms with Crippen molar-refractivity contribution in [2.75, 3.05) is 0 Å². The molecule has 0 bridgehead atoms. The van der Waals surface area contributed by atoms with Gasteiger partial charge in [-0.25, -0.2) is 4.79 Å². The topological polar surface area (TPSA) is 35.5 Å². The summed E-state index contributed by atoms with van der Waals surface area (Å²) in [5, 5.41) is 1.77. The van der Waals surface area contributed by atoms with E-state index in [1.807, 2.05) is 36.4 Å². The number of esters is 1. The van der Waals surface area contributed by atoms with Crippen LogP contribution >= 0.6 is 34.8 Å². The number of carbonyl (C=O) groups excluding carboxylic acids is 1. The number of ether oxygens (including phenoxy) is 2. The second-order valence-corrected chi connectivity index (χ2v) is 7.38.